The summed E-state index contributed by atoms with van der Waals surface area (Å²) in [6, 6.07) is 7.49. The third-order valence-electron chi connectivity index (χ3n) is 4.45. The smallest absolute Gasteiger partial charge is 0.246 e. The summed E-state index contributed by atoms with van der Waals surface area (Å²) in [5.41, 5.74) is 2.34. The normalized spacial score (nSPS) is 20.3. The second kappa shape index (κ2) is 6.56. The zero-order valence-electron chi connectivity index (χ0n) is 13.6. The first-order valence-electron chi connectivity index (χ1n) is 8.19. The summed E-state index contributed by atoms with van der Waals surface area (Å²) in [5, 5.41) is 18.9. The van der Waals surface area contributed by atoms with Gasteiger partial charge in [0.1, 0.15) is 17.6 Å². The Morgan fingerprint density at radius 3 is 2.60 bits per heavy atom. The number of carbonyl (C=O) groups is 1. The van der Waals surface area contributed by atoms with Gasteiger partial charge >= 0.3 is 0 Å². The van der Waals surface area contributed by atoms with Crippen LogP contribution in [-0.2, 0) is 17.8 Å². The van der Waals surface area contributed by atoms with Crippen LogP contribution in [-0.4, -0.2) is 60.1 Å². The lowest BCUT2D eigenvalue weighted by Crippen LogP contribution is -2.33. The lowest BCUT2D eigenvalue weighted by atomic mass is 10.0. The average molecular weight is 338 g/mol. The van der Waals surface area contributed by atoms with Crippen molar-refractivity contribution >= 4 is 16.9 Å². The molecule has 2 aromatic heterocycles. The van der Waals surface area contributed by atoms with E-state index in [2.05, 4.69) is 20.2 Å². The monoisotopic (exact) mass is 338 g/mol. The lowest BCUT2D eigenvalue weighted by molar-refractivity contribution is -0.131. The van der Waals surface area contributed by atoms with Crippen LogP contribution >= 0.6 is 0 Å². The molecule has 1 N–H and O–H groups in total. The van der Waals surface area contributed by atoms with E-state index in [0.29, 0.717) is 19.5 Å². The van der Waals surface area contributed by atoms with E-state index in [4.69, 9.17) is 0 Å². The van der Waals surface area contributed by atoms with Gasteiger partial charge in [0, 0.05) is 37.6 Å². The molecule has 1 aromatic carbocycles. The number of hydrogen-bond donors (Lipinski definition) is 1. The highest BCUT2D eigenvalue weighted by molar-refractivity contribution is 5.77. The molecule has 0 spiro atoms. The third kappa shape index (κ3) is 3.34. The summed E-state index contributed by atoms with van der Waals surface area (Å²) in [4.78, 5) is 23.9. The summed E-state index contributed by atoms with van der Waals surface area (Å²) >= 11 is 0. The fourth-order valence-corrected chi connectivity index (χ4v) is 3.16. The van der Waals surface area contributed by atoms with Crippen LogP contribution in [0.1, 0.15) is 5.69 Å². The quantitative estimate of drug-likeness (QED) is 0.734. The van der Waals surface area contributed by atoms with Gasteiger partial charge < -0.3 is 10.0 Å². The Morgan fingerprint density at radius 1 is 1.16 bits per heavy atom. The highest BCUT2D eigenvalue weighted by atomic mass is 16.3. The molecule has 3 aromatic rings. The van der Waals surface area contributed by atoms with E-state index >= 15 is 0 Å². The van der Waals surface area contributed by atoms with Crippen molar-refractivity contribution in [3.63, 3.8) is 0 Å². The molecule has 0 radical (unpaired) electrons. The number of nitrogens with zero attached hydrogens (tertiary/aromatic N) is 6. The van der Waals surface area contributed by atoms with Crippen molar-refractivity contribution in [1.82, 2.24) is 29.9 Å². The van der Waals surface area contributed by atoms with E-state index in [0.717, 1.165) is 16.7 Å². The van der Waals surface area contributed by atoms with E-state index in [9.17, 15) is 9.90 Å². The molecule has 3 heterocycles. The van der Waals surface area contributed by atoms with Gasteiger partial charge in [0.2, 0.25) is 5.91 Å². The summed E-state index contributed by atoms with van der Waals surface area (Å²) in [5.74, 6) is -0.133. The van der Waals surface area contributed by atoms with Gasteiger partial charge in [0.25, 0.3) is 0 Å². The van der Waals surface area contributed by atoms with Gasteiger partial charge in [0.15, 0.2) is 0 Å². The van der Waals surface area contributed by atoms with Crippen LogP contribution < -0.4 is 0 Å². The molecule has 4 rings (SSSR count). The largest absolute Gasteiger partial charge is 0.391 e. The van der Waals surface area contributed by atoms with Gasteiger partial charge in [-0.2, -0.15) is 15.0 Å². The van der Waals surface area contributed by atoms with Crippen LogP contribution in [0.4, 0.5) is 0 Å². The number of fused-ring (bicyclic) bond motifs is 1. The summed E-state index contributed by atoms with van der Waals surface area (Å²) in [6.07, 6.45) is 4.98. The fraction of sp³-hybridized carbons (Fsp3) is 0.353. The first kappa shape index (κ1) is 15.6. The Balaban J connectivity index is 1.40. The van der Waals surface area contributed by atoms with Crippen molar-refractivity contribution in [1.29, 1.82) is 0 Å². The topological polar surface area (TPSA) is 97.0 Å². The molecule has 8 nitrogen and oxygen atoms in total. The third-order valence-corrected chi connectivity index (χ3v) is 4.45. The summed E-state index contributed by atoms with van der Waals surface area (Å²) in [7, 11) is 0. The molecule has 25 heavy (non-hydrogen) atoms. The number of likely N-dealkylation sites (tertiary alicyclic amines) is 1. The van der Waals surface area contributed by atoms with Gasteiger partial charge in [-0.3, -0.25) is 14.8 Å². The van der Waals surface area contributed by atoms with E-state index in [1.165, 1.54) is 4.80 Å². The predicted octanol–water partition coefficient (Wildman–Crippen LogP) is 0.283. The van der Waals surface area contributed by atoms with E-state index < -0.39 is 6.10 Å². The number of aliphatic hydroxyl groups excluding tert-OH is 1. The maximum absolute atomic E-state index is 12.5. The molecule has 0 unspecified atom stereocenters. The Labute approximate surface area is 144 Å². The predicted molar refractivity (Wildman–Crippen MR) is 89.3 cm³/mol. The van der Waals surface area contributed by atoms with Crippen LogP contribution in [0, 0.1) is 5.92 Å². The Morgan fingerprint density at radius 2 is 1.92 bits per heavy atom. The van der Waals surface area contributed by atoms with Crippen LogP contribution in [0.5, 0.6) is 0 Å². The minimum absolute atomic E-state index is 0.0368. The average Bonchev–Trinajstić information content (AvgIpc) is 3.19. The van der Waals surface area contributed by atoms with Crippen molar-refractivity contribution in [2.75, 3.05) is 13.1 Å². The van der Waals surface area contributed by atoms with Gasteiger partial charge in [0.05, 0.1) is 11.8 Å². The molecular weight excluding hydrogens is 320 g/mol. The Hall–Kier alpha value is -2.87. The maximum atomic E-state index is 12.5. The van der Waals surface area contributed by atoms with E-state index in [-0.39, 0.29) is 18.4 Å². The summed E-state index contributed by atoms with van der Waals surface area (Å²) in [6.45, 7) is 0.890. The molecule has 1 aliphatic heterocycles. The molecular formula is C17H18N6O2. The molecule has 1 fully saturated rings. The van der Waals surface area contributed by atoms with Crippen molar-refractivity contribution < 1.29 is 9.90 Å². The molecule has 1 saturated heterocycles. The molecule has 128 valence electrons. The van der Waals surface area contributed by atoms with Gasteiger partial charge in [-0.05, 0) is 18.6 Å². The Kier molecular flexibility index (Phi) is 4.10. The minimum Gasteiger partial charge on any atom is -0.391 e. The van der Waals surface area contributed by atoms with Crippen molar-refractivity contribution in [2.45, 2.75) is 19.1 Å². The highest BCUT2D eigenvalue weighted by Crippen LogP contribution is 2.21. The minimum atomic E-state index is -0.560. The molecule has 0 saturated carbocycles. The van der Waals surface area contributed by atoms with Gasteiger partial charge in [-0.15, -0.1) is 0 Å². The number of benzene rings is 1. The fourth-order valence-electron chi connectivity index (χ4n) is 3.16. The number of amides is 1. The van der Waals surface area contributed by atoms with Gasteiger partial charge in [-0.25, -0.2) is 0 Å². The molecule has 2 atom stereocenters. The summed E-state index contributed by atoms with van der Waals surface area (Å²) < 4.78 is 0. The van der Waals surface area contributed by atoms with Crippen LogP contribution in [0.2, 0.25) is 0 Å². The SMILES string of the molecule is O=C(Cn1nc2ccccc2n1)N1C[C@@H](Cc2cnccn2)[C@H](O)C1. The molecule has 8 heteroatoms. The maximum Gasteiger partial charge on any atom is 0.246 e. The second-order valence-electron chi connectivity index (χ2n) is 6.25. The zero-order valence-corrected chi connectivity index (χ0v) is 13.6. The van der Waals surface area contributed by atoms with E-state index in [1.807, 2.05) is 24.3 Å². The van der Waals surface area contributed by atoms with Crippen LogP contribution in [0.15, 0.2) is 42.9 Å². The van der Waals surface area contributed by atoms with Crippen molar-refractivity contribution in [2.24, 2.45) is 5.92 Å². The van der Waals surface area contributed by atoms with E-state index in [1.54, 1.807) is 23.5 Å². The number of aliphatic hydroxyl groups is 1. The molecule has 0 aliphatic carbocycles. The number of aromatic nitrogens is 5. The van der Waals surface area contributed by atoms with Crippen LogP contribution in [0.25, 0.3) is 11.0 Å². The number of β-amino-alcohol motifs (C(OH)–C–C–N with tert-alkyl or cyclic N) is 1. The van der Waals surface area contributed by atoms with Gasteiger partial charge in [-0.1, -0.05) is 12.1 Å². The first-order chi connectivity index (χ1) is 12.2. The molecule has 1 amide bonds. The lowest BCUT2D eigenvalue weighted by Gasteiger charge is -2.15. The number of rotatable bonds is 4. The number of carbonyl (C=O) groups excluding carboxylic acids is 1. The first-order valence-corrected chi connectivity index (χ1v) is 8.19. The molecule has 0 bridgehead atoms. The number of hydrogen-bond acceptors (Lipinski definition) is 6. The van der Waals surface area contributed by atoms with Crippen molar-refractivity contribution in [3.8, 4) is 0 Å². The standard InChI is InChI=1S/C17H18N6O2/c24-16-10-22(9-12(16)7-13-8-18-5-6-19-13)17(25)11-23-20-14-3-1-2-4-15(14)21-23/h1-6,8,12,16,24H,7,9-11H2/t12-,16-/m1/s1. The van der Waals surface area contributed by atoms with Crippen molar-refractivity contribution in [3.05, 3.63) is 48.5 Å². The zero-order chi connectivity index (χ0) is 17.2. The highest BCUT2D eigenvalue weighted by Gasteiger charge is 2.34. The second-order valence-corrected chi connectivity index (χ2v) is 6.25. The molecule has 1 aliphatic rings. The Bertz CT molecular complexity index is 848. The van der Waals surface area contributed by atoms with Crippen LogP contribution in [0.3, 0.4) is 0 Å².